The number of rotatable bonds is 6. The molecule has 0 aromatic heterocycles. The van der Waals surface area contributed by atoms with Crippen molar-refractivity contribution in [2.75, 3.05) is 31.6 Å². The average molecular weight is 409 g/mol. The van der Waals surface area contributed by atoms with E-state index in [1.54, 1.807) is 0 Å². The summed E-state index contributed by atoms with van der Waals surface area (Å²) >= 11 is 0. The second-order valence-electron chi connectivity index (χ2n) is 8.65. The van der Waals surface area contributed by atoms with Crippen LogP contribution in [-0.2, 0) is 20.9 Å². The smallest absolute Gasteiger partial charge is 0.238 e. The van der Waals surface area contributed by atoms with Gasteiger partial charge in [0, 0.05) is 25.4 Å². The first-order valence-electron chi connectivity index (χ1n) is 10.9. The van der Waals surface area contributed by atoms with E-state index < -0.39 is 0 Å². The summed E-state index contributed by atoms with van der Waals surface area (Å²) in [5.74, 6) is 0.0220. The van der Waals surface area contributed by atoms with E-state index in [9.17, 15) is 4.79 Å². The van der Waals surface area contributed by atoms with Gasteiger partial charge in [-0.15, -0.1) is 0 Å². The Hall–Kier alpha value is -2.21. The first-order chi connectivity index (χ1) is 14.5. The lowest BCUT2D eigenvalue weighted by molar-refractivity contribution is -0.159. The molecule has 0 radical (unpaired) electrons. The molecule has 1 N–H and O–H groups in total. The van der Waals surface area contributed by atoms with Gasteiger partial charge in [0.1, 0.15) is 0 Å². The molecule has 4 rings (SSSR count). The number of hydrogen-bond donors (Lipinski definition) is 1. The number of piperidine rings is 1. The van der Waals surface area contributed by atoms with Gasteiger partial charge >= 0.3 is 0 Å². The van der Waals surface area contributed by atoms with Crippen LogP contribution in [0, 0.1) is 13.8 Å². The van der Waals surface area contributed by atoms with Crippen LogP contribution in [0.25, 0.3) is 0 Å². The minimum Gasteiger partial charge on any atom is -0.372 e. The first-order valence-corrected chi connectivity index (χ1v) is 10.9. The molecule has 2 saturated heterocycles. The normalized spacial score (nSPS) is 24.3. The van der Waals surface area contributed by atoms with Gasteiger partial charge in [-0.2, -0.15) is 0 Å². The maximum Gasteiger partial charge on any atom is 0.238 e. The number of hydrogen-bond acceptors (Lipinski definition) is 4. The van der Waals surface area contributed by atoms with Gasteiger partial charge in [-0.05, 0) is 55.9 Å². The van der Waals surface area contributed by atoms with Crippen LogP contribution in [0.3, 0.4) is 0 Å². The van der Waals surface area contributed by atoms with Crippen LogP contribution < -0.4 is 5.32 Å². The van der Waals surface area contributed by atoms with Crippen molar-refractivity contribution in [3.8, 4) is 0 Å². The molecule has 1 amide bonds. The maximum absolute atomic E-state index is 12.7. The second-order valence-corrected chi connectivity index (χ2v) is 8.65. The summed E-state index contributed by atoms with van der Waals surface area (Å²) in [6.07, 6.45) is 3.00. The van der Waals surface area contributed by atoms with E-state index in [4.69, 9.17) is 9.47 Å². The molecule has 2 aromatic carbocycles. The zero-order valence-corrected chi connectivity index (χ0v) is 18.0. The number of ether oxygens (including phenoxy) is 2. The SMILES string of the molecule is Cc1ccc(C)c(NC(=O)CN2CCC3(CCCO3)C(OCc3ccccc3)C2)c1. The van der Waals surface area contributed by atoms with Gasteiger partial charge in [0.05, 0.1) is 24.9 Å². The van der Waals surface area contributed by atoms with Crippen LogP contribution >= 0.6 is 0 Å². The van der Waals surface area contributed by atoms with Crippen molar-refractivity contribution in [1.82, 2.24) is 4.90 Å². The van der Waals surface area contributed by atoms with E-state index in [0.29, 0.717) is 19.7 Å². The van der Waals surface area contributed by atoms with Crippen LogP contribution in [0.5, 0.6) is 0 Å². The molecule has 5 heteroatoms. The monoisotopic (exact) mass is 408 g/mol. The minimum atomic E-state index is -0.200. The van der Waals surface area contributed by atoms with E-state index in [0.717, 1.165) is 54.8 Å². The van der Waals surface area contributed by atoms with Crippen molar-refractivity contribution in [3.63, 3.8) is 0 Å². The molecule has 2 aliphatic heterocycles. The number of nitrogens with one attached hydrogen (secondary N) is 1. The standard InChI is InChI=1S/C25H32N2O3/c1-19-9-10-20(2)22(15-19)26-24(28)17-27-13-12-25(11-6-14-30-25)23(16-27)29-18-21-7-4-3-5-8-21/h3-5,7-10,15,23H,6,11-14,16-18H2,1-2H3,(H,26,28). The van der Waals surface area contributed by atoms with Crippen molar-refractivity contribution in [1.29, 1.82) is 0 Å². The summed E-state index contributed by atoms with van der Waals surface area (Å²) in [7, 11) is 0. The predicted octanol–water partition coefficient (Wildman–Crippen LogP) is 4.08. The number of amides is 1. The number of carbonyl (C=O) groups excluding carboxylic acids is 1. The molecule has 30 heavy (non-hydrogen) atoms. The lowest BCUT2D eigenvalue weighted by atomic mass is 9.85. The molecular formula is C25H32N2O3. The zero-order chi connectivity index (χ0) is 21.0. The molecule has 1 spiro atoms. The third-order valence-corrected chi connectivity index (χ3v) is 6.32. The lowest BCUT2D eigenvalue weighted by Crippen LogP contribution is -2.57. The van der Waals surface area contributed by atoms with Gasteiger partial charge in [-0.25, -0.2) is 0 Å². The number of nitrogens with zero attached hydrogens (tertiary/aromatic N) is 1. The summed E-state index contributed by atoms with van der Waals surface area (Å²) in [5, 5.41) is 3.08. The number of benzene rings is 2. The summed E-state index contributed by atoms with van der Waals surface area (Å²) in [6.45, 7) is 7.37. The van der Waals surface area contributed by atoms with Crippen LogP contribution in [-0.4, -0.2) is 48.8 Å². The van der Waals surface area contributed by atoms with Gasteiger partial charge in [-0.1, -0.05) is 42.5 Å². The average Bonchev–Trinajstić information content (AvgIpc) is 3.21. The number of likely N-dealkylation sites (tertiary alicyclic amines) is 1. The van der Waals surface area contributed by atoms with Crippen molar-refractivity contribution < 1.29 is 14.3 Å². The molecule has 5 nitrogen and oxygen atoms in total. The van der Waals surface area contributed by atoms with Gasteiger partial charge < -0.3 is 14.8 Å². The van der Waals surface area contributed by atoms with E-state index in [1.807, 2.05) is 44.2 Å². The van der Waals surface area contributed by atoms with Crippen molar-refractivity contribution in [3.05, 3.63) is 65.2 Å². The Kier molecular flexibility index (Phi) is 6.52. The van der Waals surface area contributed by atoms with Crippen LogP contribution in [0.4, 0.5) is 5.69 Å². The molecule has 0 aliphatic carbocycles. The second kappa shape index (κ2) is 9.29. The van der Waals surface area contributed by atoms with Crippen LogP contribution in [0.1, 0.15) is 36.0 Å². The Labute approximate surface area is 179 Å². The van der Waals surface area contributed by atoms with Crippen LogP contribution in [0.15, 0.2) is 48.5 Å². The van der Waals surface area contributed by atoms with Gasteiger partial charge in [0.25, 0.3) is 0 Å². The Balaban J connectivity index is 1.38. The highest BCUT2D eigenvalue weighted by molar-refractivity contribution is 5.93. The predicted molar refractivity (Wildman–Crippen MR) is 119 cm³/mol. The third kappa shape index (κ3) is 4.91. The Morgan fingerprint density at radius 3 is 2.80 bits per heavy atom. The van der Waals surface area contributed by atoms with Crippen molar-refractivity contribution in [2.24, 2.45) is 0 Å². The summed E-state index contributed by atoms with van der Waals surface area (Å²) in [5.41, 5.74) is 4.08. The molecule has 2 aliphatic rings. The molecule has 160 valence electrons. The third-order valence-electron chi connectivity index (χ3n) is 6.32. The molecular weight excluding hydrogens is 376 g/mol. The number of carbonyl (C=O) groups is 1. The Morgan fingerprint density at radius 2 is 2.03 bits per heavy atom. The van der Waals surface area contributed by atoms with Crippen molar-refractivity contribution in [2.45, 2.75) is 51.4 Å². The quantitative estimate of drug-likeness (QED) is 0.782. The largest absolute Gasteiger partial charge is 0.372 e. The number of aryl methyl sites for hydroxylation is 2. The molecule has 2 heterocycles. The molecule has 2 aromatic rings. The fraction of sp³-hybridized carbons (Fsp3) is 0.480. The highest BCUT2D eigenvalue weighted by atomic mass is 16.6. The fourth-order valence-electron chi connectivity index (χ4n) is 4.55. The fourth-order valence-corrected chi connectivity index (χ4v) is 4.55. The van der Waals surface area contributed by atoms with Crippen molar-refractivity contribution >= 4 is 11.6 Å². The minimum absolute atomic E-state index is 0.0220. The lowest BCUT2D eigenvalue weighted by Gasteiger charge is -2.44. The Bertz CT molecular complexity index is 862. The van der Waals surface area contributed by atoms with E-state index in [2.05, 4.69) is 28.4 Å². The zero-order valence-electron chi connectivity index (χ0n) is 18.0. The molecule has 2 fully saturated rings. The summed E-state index contributed by atoms with van der Waals surface area (Å²) < 4.78 is 12.6. The summed E-state index contributed by atoms with van der Waals surface area (Å²) in [4.78, 5) is 14.9. The van der Waals surface area contributed by atoms with E-state index in [1.165, 1.54) is 0 Å². The topological polar surface area (TPSA) is 50.8 Å². The maximum atomic E-state index is 12.7. The Morgan fingerprint density at radius 1 is 1.20 bits per heavy atom. The number of anilines is 1. The van der Waals surface area contributed by atoms with Crippen LogP contribution in [0.2, 0.25) is 0 Å². The molecule has 2 atom stereocenters. The van der Waals surface area contributed by atoms with E-state index in [-0.39, 0.29) is 17.6 Å². The van der Waals surface area contributed by atoms with Gasteiger partial charge in [-0.3, -0.25) is 9.69 Å². The van der Waals surface area contributed by atoms with E-state index >= 15 is 0 Å². The van der Waals surface area contributed by atoms with Gasteiger partial charge in [0.2, 0.25) is 5.91 Å². The summed E-state index contributed by atoms with van der Waals surface area (Å²) in [6, 6.07) is 16.4. The van der Waals surface area contributed by atoms with Gasteiger partial charge in [0.15, 0.2) is 0 Å². The molecule has 2 unspecified atom stereocenters. The molecule has 0 bridgehead atoms. The molecule has 0 saturated carbocycles. The first kappa shape index (κ1) is 21.0. The highest BCUT2D eigenvalue weighted by Crippen LogP contribution is 2.38. The highest BCUT2D eigenvalue weighted by Gasteiger charge is 2.47.